The lowest BCUT2D eigenvalue weighted by molar-refractivity contribution is -0.193. The highest BCUT2D eigenvalue weighted by Crippen LogP contribution is 2.13. The van der Waals surface area contributed by atoms with Gasteiger partial charge in [-0.25, -0.2) is 19.6 Å². The number of rotatable bonds is 6. The first-order chi connectivity index (χ1) is 14.6. The summed E-state index contributed by atoms with van der Waals surface area (Å²) in [6, 6.07) is 0. The van der Waals surface area contributed by atoms with Gasteiger partial charge in [-0.05, 0) is 0 Å². The molecular weight excluding hydrogens is 462 g/mol. The van der Waals surface area contributed by atoms with Gasteiger partial charge in [0.05, 0.1) is 12.4 Å². The minimum atomic E-state index is -5.08. The molecule has 1 aromatic rings. The molecule has 0 unspecified atom stereocenters. The van der Waals surface area contributed by atoms with Gasteiger partial charge in [0.25, 0.3) is 11.8 Å². The average molecular weight is 480 g/mol. The summed E-state index contributed by atoms with van der Waals surface area (Å²) in [6.07, 6.45) is -7.69. The van der Waals surface area contributed by atoms with Crippen molar-refractivity contribution in [2.75, 3.05) is 26.2 Å². The van der Waals surface area contributed by atoms with Crippen molar-refractivity contribution in [3.63, 3.8) is 0 Å². The molecule has 0 aliphatic heterocycles. The van der Waals surface area contributed by atoms with Crippen LogP contribution in [0.5, 0.6) is 0 Å². The molecule has 8 N–H and O–H groups in total. The van der Waals surface area contributed by atoms with E-state index in [1.165, 1.54) is 12.4 Å². The second-order valence-electron chi connectivity index (χ2n) is 4.98. The number of aliphatic carboxylic acids is 2. The molecule has 182 valence electrons. The van der Waals surface area contributed by atoms with Gasteiger partial charge in [0.15, 0.2) is 0 Å². The standard InChI is InChI=1S/C10H16N6O2.2C2HF3O2/c11-1-3-13-9(17)7-5-16-8(6-15-7)10(18)14-4-2-12;2*3-2(4,5)1(6)7/h5-6H,1-4,11-12H2,(H,13,17)(H,14,18);2*(H,6,7). The van der Waals surface area contributed by atoms with Crippen LogP contribution in [-0.2, 0) is 9.59 Å². The number of nitrogens with zero attached hydrogens (tertiary/aromatic N) is 2. The first-order valence-electron chi connectivity index (χ1n) is 7.96. The van der Waals surface area contributed by atoms with E-state index < -0.39 is 24.3 Å². The van der Waals surface area contributed by atoms with Crippen LogP contribution in [0.15, 0.2) is 12.4 Å². The Labute approximate surface area is 175 Å². The van der Waals surface area contributed by atoms with Crippen molar-refractivity contribution in [3.8, 4) is 0 Å². The molecule has 0 fully saturated rings. The molecule has 0 aliphatic rings. The largest absolute Gasteiger partial charge is 0.490 e. The zero-order valence-corrected chi connectivity index (χ0v) is 15.8. The van der Waals surface area contributed by atoms with Crippen molar-refractivity contribution in [1.82, 2.24) is 20.6 Å². The number of nitrogens with one attached hydrogen (secondary N) is 2. The quantitative estimate of drug-likeness (QED) is 0.277. The van der Waals surface area contributed by atoms with Crippen molar-refractivity contribution in [3.05, 3.63) is 23.8 Å². The minimum absolute atomic E-state index is 0.138. The SMILES string of the molecule is NCCNC(=O)c1cnc(C(=O)NCCN)cn1.O=C(O)C(F)(F)F.O=C(O)C(F)(F)F. The van der Waals surface area contributed by atoms with E-state index >= 15 is 0 Å². The second-order valence-corrected chi connectivity index (χ2v) is 4.98. The Kier molecular flexibility index (Phi) is 13.9. The van der Waals surface area contributed by atoms with E-state index in [4.69, 9.17) is 31.3 Å². The molecule has 0 radical (unpaired) electrons. The van der Waals surface area contributed by atoms with Crippen LogP contribution in [0.4, 0.5) is 26.3 Å². The highest BCUT2D eigenvalue weighted by atomic mass is 19.4. The fraction of sp³-hybridized carbons (Fsp3) is 0.429. The van der Waals surface area contributed by atoms with Crippen LogP contribution in [0, 0.1) is 0 Å². The van der Waals surface area contributed by atoms with Crippen LogP contribution >= 0.6 is 0 Å². The number of carbonyl (C=O) groups excluding carboxylic acids is 2. The fourth-order valence-corrected chi connectivity index (χ4v) is 1.12. The molecule has 1 rings (SSSR count). The Hall–Kier alpha value is -3.54. The summed E-state index contributed by atoms with van der Waals surface area (Å²) < 4.78 is 63.5. The van der Waals surface area contributed by atoms with Gasteiger partial charge in [-0.2, -0.15) is 26.3 Å². The first-order valence-corrected chi connectivity index (χ1v) is 7.96. The third kappa shape index (κ3) is 14.4. The fourth-order valence-electron chi connectivity index (χ4n) is 1.12. The number of aromatic nitrogens is 2. The van der Waals surface area contributed by atoms with Crippen LogP contribution in [0.1, 0.15) is 21.0 Å². The van der Waals surface area contributed by atoms with E-state index in [1.807, 2.05) is 0 Å². The van der Waals surface area contributed by atoms with E-state index in [0.717, 1.165) is 0 Å². The highest BCUT2D eigenvalue weighted by Gasteiger charge is 2.38. The molecular formula is C14H18F6N6O6. The van der Waals surface area contributed by atoms with Gasteiger partial charge in [-0.1, -0.05) is 0 Å². The molecule has 1 aromatic heterocycles. The average Bonchev–Trinajstić information content (AvgIpc) is 2.69. The highest BCUT2D eigenvalue weighted by molar-refractivity contribution is 5.94. The zero-order chi connectivity index (χ0) is 25.5. The normalized spacial score (nSPS) is 10.5. The van der Waals surface area contributed by atoms with Crippen molar-refractivity contribution in [1.29, 1.82) is 0 Å². The Bertz CT molecular complexity index is 693. The van der Waals surface area contributed by atoms with Gasteiger partial charge >= 0.3 is 24.3 Å². The van der Waals surface area contributed by atoms with E-state index in [1.54, 1.807) is 0 Å². The summed E-state index contributed by atoms with van der Waals surface area (Å²) in [5.41, 5.74) is 10.8. The lowest BCUT2D eigenvalue weighted by Crippen LogP contribution is -2.31. The van der Waals surface area contributed by atoms with Gasteiger partial charge in [0.1, 0.15) is 11.4 Å². The molecule has 0 atom stereocenters. The van der Waals surface area contributed by atoms with Gasteiger partial charge in [-0.15, -0.1) is 0 Å². The summed E-state index contributed by atoms with van der Waals surface area (Å²) >= 11 is 0. The molecule has 32 heavy (non-hydrogen) atoms. The minimum Gasteiger partial charge on any atom is -0.475 e. The summed E-state index contributed by atoms with van der Waals surface area (Å²) in [5.74, 6) is -6.26. The Morgan fingerprint density at radius 2 is 1.00 bits per heavy atom. The predicted molar refractivity (Wildman–Crippen MR) is 92.2 cm³/mol. The summed E-state index contributed by atoms with van der Waals surface area (Å²) in [7, 11) is 0. The maximum atomic E-state index is 11.5. The lowest BCUT2D eigenvalue weighted by atomic mass is 10.3. The van der Waals surface area contributed by atoms with Crippen LogP contribution in [0.2, 0.25) is 0 Å². The number of hydrogen-bond acceptors (Lipinski definition) is 8. The van der Waals surface area contributed by atoms with Gasteiger partial charge in [0, 0.05) is 26.2 Å². The molecule has 0 saturated carbocycles. The van der Waals surface area contributed by atoms with E-state index in [0.29, 0.717) is 26.2 Å². The van der Waals surface area contributed by atoms with Crippen LogP contribution in [0.3, 0.4) is 0 Å². The van der Waals surface area contributed by atoms with Crippen LogP contribution in [0.25, 0.3) is 0 Å². The van der Waals surface area contributed by atoms with Gasteiger partial charge in [-0.3, -0.25) is 9.59 Å². The number of nitrogens with two attached hydrogens (primary N) is 2. The van der Waals surface area contributed by atoms with Crippen LogP contribution in [-0.4, -0.2) is 82.5 Å². The first kappa shape index (κ1) is 30.7. The van der Waals surface area contributed by atoms with E-state index in [9.17, 15) is 35.9 Å². The predicted octanol–water partition coefficient (Wildman–Crippen LogP) is -0.880. The summed E-state index contributed by atoms with van der Waals surface area (Å²) in [4.78, 5) is 48.4. The number of alkyl halides is 6. The summed E-state index contributed by atoms with van der Waals surface area (Å²) in [6.45, 7) is 1.41. The van der Waals surface area contributed by atoms with Crippen molar-refractivity contribution >= 4 is 23.8 Å². The van der Waals surface area contributed by atoms with Gasteiger partial charge < -0.3 is 32.3 Å². The third-order valence-corrected chi connectivity index (χ3v) is 2.46. The van der Waals surface area contributed by atoms with Crippen molar-refractivity contribution < 1.29 is 55.7 Å². The molecule has 18 heteroatoms. The van der Waals surface area contributed by atoms with Crippen molar-refractivity contribution in [2.45, 2.75) is 12.4 Å². The number of halogens is 6. The Morgan fingerprint density at radius 1 is 0.750 bits per heavy atom. The molecule has 1 heterocycles. The lowest BCUT2D eigenvalue weighted by Gasteiger charge is -2.04. The number of carboxylic acids is 2. The number of hydrogen-bond donors (Lipinski definition) is 6. The monoisotopic (exact) mass is 480 g/mol. The molecule has 0 aromatic carbocycles. The molecule has 0 bridgehead atoms. The number of carbonyl (C=O) groups is 4. The molecule has 0 saturated heterocycles. The van der Waals surface area contributed by atoms with Gasteiger partial charge in [0.2, 0.25) is 0 Å². The third-order valence-electron chi connectivity index (χ3n) is 2.46. The summed E-state index contributed by atoms with van der Waals surface area (Å²) in [5, 5.41) is 19.3. The van der Waals surface area contributed by atoms with Crippen molar-refractivity contribution in [2.24, 2.45) is 11.5 Å². The maximum absolute atomic E-state index is 11.5. The molecule has 0 spiro atoms. The second kappa shape index (κ2) is 14.5. The zero-order valence-electron chi connectivity index (χ0n) is 15.8. The number of amides is 2. The van der Waals surface area contributed by atoms with E-state index in [2.05, 4.69) is 20.6 Å². The number of carboxylic acid groups (broad SMARTS) is 2. The van der Waals surface area contributed by atoms with E-state index in [-0.39, 0.29) is 23.2 Å². The Balaban J connectivity index is 0. The molecule has 2 amide bonds. The topological polar surface area (TPSA) is 211 Å². The maximum Gasteiger partial charge on any atom is 0.490 e. The Morgan fingerprint density at radius 3 is 1.16 bits per heavy atom. The smallest absolute Gasteiger partial charge is 0.475 e. The molecule has 0 aliphatic carbocycles. The van der Waals surface area contributed by atoms with Crippen LogP contribution < -0.4 is 22.1 Å². The molecule has 12 nitrogen and oxygen atoms in total.